The molecule has 1 heterocycles. The third-order valence-electron chi connectivity index (χ3n) is 3.04. The van der Waals surface area contributed by atoms with Crippen LogP contribution in [-0.2, 0) is 14.4 Å². The van der Waals surface area contributed by atoms with E-state index in [1.807, 2.05) is 0 Å². The number of hydrogen-bond donors (Lipinski definition) is 3. The normalized spacial score (nSPS) is 10.1. The summed E-state index contributed by atoms with van der Waals surface area (Å²) >= 11 is 1.37. The number of thioether (sulfide) groups is 1. The molecule has 0 aliphatic carbocycles. The summed E-state index contributed by atoms with van der Waals surface area (Å²) in [5.74, 6) is -1.22. The number of hydrogen-bond acceptors (Lipinski definition) is 5. The SMILES string of the molecule is O=C(O)CCC(=O)Nc1ccc(SCC(=O)Nc2ccncc2)cc1. The summed E-state index contributed by atoms with van der Waals surface area (Å²) in [4.78, 5) is 38.6. The van der Waals surface area contributed by atoms with Gasteiger partial charge in [0.25, 0.3) is 0 Å². The Kier molecular flexibility index (Phi) is 6.97. The lowest BCUT2D eigenvalue weighted by Crippen LogP contribution is -2.14. The quantitative estimate of drug-likeness (QED) is 0.625. The number of aliphatic carboxylic acids is 1. The van der Waals surface area contributed by atoms with Gasteiger partial charge in [-0.2, -0.15) is 0 Å². The van der Waals surface area contributed by atoms with Gasteiger partial charge >= 0.3 is 5.97 Å². The van der Waals surface area contributed by atoms with Crippen LogP contribution >= 0.6 is 11.8 Å². The van der Waals surface area contributed by atoms with E-state index in [-0.39, 0.29) is 30.4 Å². The lowest BCUT2D eigenvalue weighted by Gasteiger charge is -2.07. The molecule has 0 radical (unpaired) electrons. The molecule has 7 nitrogen and oxygen atoms in total. The molecule has 130 valence electrons. The number of amides is 2. The number of benzene rings is 1. The zero-order valence-corrected chi connectivity index (χ0v) is 14.1. The largest absolute Gasteiger partial charge is 0.481 e. The molecule has 0 fully saturated rings. The van der Waals surface area contributed by atoms with Gasteiger partial charge in [-0.1, -0.05) is 0 Å². The maximum absolute atomic E-state index is 11.9. The van der Waals surface area contributed by atoms with Gasteiger partial charge in [-0.05, 0) is 36.4 Å². The van der Waals surface area contributed by atoms with E-state index in [9.17, 15) is 14.4 Å². The van der Waals surface area contributed by atoms with Gasteiger partial charge < -0.3 is 15.7 Å². The van der Waals surface area contributed by atoms with Crippen molar-refractivity contribution in [1.82, 2.24) is 4.98 Å². The minimum Gasteiger partial charge on any atom is -0.481 e. The summed E-state index contributed by atoms with van der Waals surface area (Å²) in [6, 6.07) is 10.4. The second-order valence-electron chi connectivity index (χ2n) is 5.04. The Labute approximate surface area is 148 Å². The molecule has 1 aromatic heterocycles. The molecule has 0 saturated carbocycles. The first-order valence-electron chi connectivity index (χ1n) is 7.47. The molecule has 2 rings (SSSR count). The third kappa shape index (κ3) is 7.05. The monoisotopic (exact) mass is 359 g/mol. The van der Waals surface area contributed by atoms with Crippen LogP contribution in [0.1, 0.15) is 12.8 Å². The first kappa shape index (κ1) is 18.5. The summed E-state index contributed by atoms with van der Waals surface area (Å²) in [5, 5.41) is 13.9. The minimum atomic E-state index is -1.01. The Hall–Kier alpha value is -2.87. The Morgan fingerprint density at radius 1 is 0.880 bits per heavy atom. The number of nitrogens with one attached hydrogen (secondary N) is 2. The van der Waals surface area contributed by atoms with Gasteiger partial charge in [0.05, 0.1) is 12.2 Å². The topological polar surface area (TPSA) is 108 Å². The number of aromatic nitrogens is 1. The first-order valence-corrected chi connectivity index (χ1v) is 8.46. The summed E-state index contributed by atoms with van der Waals surface area (Å²) < 4.78 is 0. The van der Waals surface area contributed by atoms with E-state index < -0.39 is 5.97 Å². The highest BCUT2D eigenvalue weighted by Gasteiger charge is 2.07. The van der Waals surface area contributed by atoms with Crippen LogP contribution in [0.25, 0.3) is 0 Å². The minimum absolute atomic E-state index is 0.0684. The van der Waals surface area contributed by atoms with Crippen molar-refractivity contribution >= 4 is 40.9 Å². The molecule has 2 amide bonds. The third-order valence-corrected chi connectivity index (χ3v) is 4.05. The zero-order valence-electron chi connectivity index (χ0n) is 13.3. The van der Waals surface area contributed by atoms with Crippen molar-refractivity contribution < 1.29 is 19.5 Å². The number of carboxylic acids is 1. The van der Waals surface area contributed by atoms with E-state index in [0.29, 0.717) is 11.4 Å². The number of anilines is 2. The fraction of sp³-hybridized carbons (Fsp3) is 0.176. The van der Waals surface area contributed by atoms with Gasteiger partial charge in [0.2, 0.25) is 11.8 Å². The van der Waals surface area contributed by atoms with E-state index in [1.165, 1.54) is 11.8 Å². The number of rotatable bonds is 8. The molecule has 8 heteroatoms. The summed E-state index contributed by atoms with van der Waals surface area (Å²) in [7, 11) is 0. The average molecular weight is 359 g/mol. The number of nitrogens with zero attached hydrogens (tertiary/aromatic N) is 1. The van der Waals surface area contributed by atoms with Crippen molar-refractivity contribution in [2.75, 3.05) is 16.4 Å². The van der Waals surface area contributed by atoms with E-state index in [0.717, 1.165) is 4.90 Å². The fourth-order valence-corrected chi connectivity index (χ4v) is 2.56. The van der Waals surface area contributed by atoms with Gasteiger partial charge in [-0.15, -0.1) is 11.8 Å². The molecular formula is C17H17N3O4S. The van der Waals surface area contributed by atoms with Gasteiger partial charge in [-0.25, -0.2) is 0 Å². The maximum Gasteiger partial charge on any atom is 0.303 e. The second-order valence-corrected chi connectivity index (χ2v) is 6.09. The molecule has 0 saturated heterocycles. The predicted molar refractivity (Wildman–Crippen MR) is 95.5 cm³/mol. The van der Waals surface area contributed by atoms with Gasteiger partial charge in [0, 0.05) is 35.1 Å². The maximum atomic E-state index is 11.9. The zero-order chi connectivity index (χ0) is 18.1. The molecule has 0 atom stereocenters. The molecule has 0 bridgehead atoms. The van der Waals surface area contributed by atoms with E-state index in [4.69, 9.17) is 5.11 Å². The number of carbonyl (C=O) groups excluding carboxylic acids is 2. The van der Waals surface area contributed by atoms with Gasteiger partial charge in [0.1, 0.15) is 0 Å². The van der Waals surface area contributed by atoms with E-state index >= 15 is 0 Å². The van der Waals surface area contributed by atoms with Crippen LogP contribution in [0.4, 0.5) is 11.4 Å². The van der Waals surface area contributed by atoms with Crippen molar-refractivity contribution in [2.24, 2.45) is 0 Å². The highest BCUT2D eigenvalue weighted by atomic mass is 32.2. The standard InChI is InChI=1S/C17H17N3O4S/c21-15(5-6-17(23)24)19-12-1-3-14(4-2-12)25-11-16(22)20-13-7-9-18-10-8-13/h1-4,7-10H,5-6,11H2,(H,19,21)(H,23,24)(H,18,20,22). The molecular weight excluding hydrogens is 342 g/mol. The number of pyridine rings is 1. The van der Waals surface area contributed by atoms with Crippen molar-refractivity contribution in [3.8, 4) is 0 Å². The van der Waals surface area contributed by atoms with Crippen molar-refractivity contribution in [3.05, 3.63) is 48.8 Å². The van der Waals surface area contributed by atoms with Crippen LogP contribution in [0.3, 0.4) is 0 Å². The smallest absolute Gasteiger partial charge is 0.303 e. The van der Waals surface area contributed by atoms with Crippen molar-refractivity contribution in [2.45, 2.75) is 17.7 Å². The molecule has 0 spiro atoms. The molecule has 25 heavy (non-hydrogen) atoms. The second kappa shape index (κ2) is 9.43. The van der Waals surface area contributed by atoms with Crippen molar-refractivity contribution in [1.29, 1.82) is 0 Å². The highest BCUT2D eigenvalue weighted by molar-refractivity contribution is 8.00. The van der Waals surface area contributed by atoms with Crippen LogP contribution in [0.15, 0.2) is 53.7 Å². The summed E-state index contributed by atoms with van der Waals surface area (Å²) in [6.07, 6.45) is 2.94. The van der Waals surface area contributed by atoms with Crippen LogP contribution in [0, 0.1) is 0 Å². The van der Waals surface area contributed by atoms with Crippen LogP contribution in [-0.4, -0.2) is 33.6 Å². The number of carbonyl (C=O) groups is 3. The van der Waals surface area contributed by atoms with E-state index in [2.05, 4.69) is 15.6 Å². The predicted octanol–water partition coefficient (Wildman–Crippen LogP) is 2.62. The van der Waals surface area contributed by atoms with Gasteiger partial charge in [0.15, 0.2) is 0 Å². The lowest BCUT2D eigenvalue weighted by molar-refractivity contribution is -0.138. The van der Waals surface area contributed by atoms with Crippen LogP contribution in [0.2, 0.25) is 0 Å². The Balaban J connectivity index is 1.77. The van der Waals surface area contributed by atoms with Gasteiger partial charge in [-0.3, -0.25) is 19.4 Å². The fourth-order valence-electron chi connectivity index (χ4n) is 1.86. The summed E-state index contributed by atoms with van der Waals surface area (Å²) in [6.45, 7) is 0. The average Bonchev–Trinajstić information content (AvgIpc) is 2.60. The van der Waals surface area contributed by atoms with Crippen LogP contribution < -0.4 is 10.6 Å². The number of carboxylic acid groups (broad SMARTS) is 1. The Bertz CT molecular complexity index is 735. The Morgan fingerprint density at radius 2 is 1.48 bits per heavy atom. The molecule has 0 aliphatic heterocycles. The van der Waals surface area contributed by atoms with Crippen LogP contribution in [0.5, 0.6) is 0 Å². The van der Waals surface area contributed by atoms with Crippen molar-refractivity contribution in [3.63, 3.8) is 0 Å². The molecule has 3 N–H and O–H groups in total. The first-order chi connectivity index (χ1) is 12.0. The van der Waals surface area contributed by atoms with E-state index in [1.54, 1.807) is 48.8 Å². The highest BCUT2D eigenvalue weighted by Crippen LogP contribution is 2.20. The molecule has 0 aliphatic rings. The molecule has 2 aromatic rings. The molecule has 0 unspecified atom stereocenters. The molecule has 1 aromatic carbocycles. The Morgan fingerprint density at radius 3 is 2.12 bits per heavy atom. The lowest BCUT2D eigenvalue weighted by atomic mass is 10.2. The summed E-state index contributed by atoms with van der Waals surface area (Å²) in [5.41, 5.74) is 1.28.